The Kier molecular flexibility index (Phi) is 4.39. The molecule has 5 aliphatic carbocycles. The first-order valence-corrected chi connectivity index (χ1v) is 11.6. The first kappa shape index (κ1) is 17.8. The maximum absolute atomic E-state index is 14.6. The van der Waals surface area contributed by atoms with Crippen molar-refractivity contribution >= 4 is 16.9 Å². The van der Waals surface area contributed by atoms with Gasteiger partial charge in [-0.25, -0.2) is 8.60 Å². The van der Waals surface area contributed by atoms with Crippen LogP contribution in [0.2, 0.25) is 0 Å². The van der Waals surface area contributed by atoms with E-state index >= 15 is 0 Å². The first-order chi connectivity index (χ1) is 13.0. The van der Waals surface area contributed by atoms with E-state index in [1.54, 1.807) is 6.07 Å². The van der Waals surface area contributed by atoms with E-state index in [-0.39, 0.29) is 5.56 Å². The monoisotopic (exact) mass is 391 g/mol. The molecular formula is C21H26FNO3S. The fourth-order valence-corrected chi connectivity index (χ4v) is 6.38. The van der Waals surface area contributed by atoms with Gasteiger partial charge in [-0.1, -0.05) is 0 Å². The summed E-state index contributed by atoms with van der Waals surface area (Å²) in [6.07, 6.45) is 9.12. The molecule has 0 aromatic heterocycles. The number of hydrogen-bond acceptors (Lipinski definition) is 3. The molecule has 6 rings (SSSR count). The lowest BCUT2D eigenvalue weighted by Crippen LogP contribution is -2.30. The second-order valence-electron chi connectivity index (χ2n) is 8.96. The van der Waals surface area contributed by atoms with E-state index in [9.17, 15) is 13.4 Å². The van der Waals surface area contributed by atoms with Crippen molar-refractivity contribution in [3.05, 3.63) is 34.6 Å². The third-order valence-electron chi connectivity index (χ3n) is 7.13. The lowest BCUT2D eigenvalue weighted by Gasteiger charge is -2.32. The Balaban J connectivity index is 1.35. The smallest absolute Gasteiger partial charge is 0.265 e. The lowest BCUT2D eigenvalue weighted by molar-refractivity contribution is -0.0327. The molecule has 27 heavy (non-hydrogen) atoms. The molecule has 6 unspecified atom stereocenters. The van der Waals surface area contributed by atoms with Gasteiger partial charge in [0.15, 0.2) is 0 Å². The van der Waals surface area contributed by atoms with Crippen molar-refractivity contribution in [2.75, 3.05) is 6.26 Å². The van der Waals surface area contributed by atoms with Crippen LogP contribution in [0.1, 0.15) is 65.9 Å². The highest BCUT2D eigenvalue weighted by atomic mass is 32.2. The second kappa shape index (κ2) is 6.66. The van der Waals surface area contributed by atoms with Crippen molar-refractivity contribution in [1.29, 1.82) is 0 Å². The predicted molar refractivity (Wildman–Crippen MR) is 101 cm³/mol. The highest BCUT2D eigenvalue weighted by molar-refractivity contribution is 7.82. The Labute approximate surface area is 161 Å². The van der Waals surface area contributed by atoms with Gasteiger partial charge < -0.3 is 4.74 Å². The number of nitrogens with one attached hydrogen (secondary N) is 1. The zero-order chi connectivity index (χ0) is 18.7. The molecule has 0 radical (unpaired) electrons. The van der Waals surface area contributed by atoms with Crippen LogP contribution in [0.15, 0.2) is 12.1 Å². The summed E-state index contributed by atoms with van der Waals surface area (Å²) in [4.78, 5) is 12.1. The number of rotatable bonds is 6. The van der Waals surface area contributed by atoms with Crippen LogP contribution in [0.3, 0.4) is 0 Å². The fraction of sp³-hybridized carbons (Fsp3) is 0.667. The summed E-state index contributed by atoms with van der Waals surface area (Å²) in [5, 5.41) is 0. The number of halogens is 1. The molecule has 0 saturated heterocycles. The molecule has 0 heterocycles. The van der Waals surface area contributed by atoms with Crippen LogP contribution in [0.4, 0.5) is 4.39 Å². The van der Waals surface area contributed by atoms with Gasteiger partial charge in [0.1, 0.15) is 16.8 Å². The molecule has 5 fully saturated rings. The van der Waals surface area contributed by atoms with Gasteiger partial charge in [0, 0.05) is 6.26 Å². The molecule has 0 spiro atoms. The van der Waals surface area contributed by atoms with Crippen LogP contribution in [-0.4, -0.2) is 22.5 Å². The highest BCUT2D eigenvalue weighted by Crippen LogP contribution is 2.59. The van der Waals surface area contributed by atoms with E-state index in [1.807, 2.05) is 0 Å². The standard InChI is InChI=1S/C21H26FNO3S/c1-27(25)23-21(24)18-9-16(12-2-3-12)15(8-19(18)22)10-26-20-14-5-11-4-13(7-14)17(20)6-11/h8-9,11-14,17,20H,2-7,10H2,1H3,(H,23,24). The molecule has 4 nitrogen and oxygen atoms in total. The van der Waals surface area contributed by atoms with Gasteiger partial charge in [0.2, 0.25) is 0 Å². The van der Waals surface area contributed by atoms with E-state index in [1.165, 1.54) is 38.0 Å². The summed E-state index contributed by atoms with van der Waals surface area (Å²) in [7, 11) is -1.51. The third kappa shape index (κ3) is 3.25. The lowest BCUT2D eigenvalue weighted by atomic mass is 9.80. The van der Waals surface area contributed by atoms with Crippen LogP contribution in [-0.2, 0) is 22.3 Å². The normalized spacial score (nSPS) is 34.8. The topological polar surface area (TPSA) is 55.4 Å². The van der Waals surface area contributed by atoms with Crippen LogP contribution in [0, 0.1) is 29.5 Å². The Morgan fingerprint density at radius 3 is 2.70 bits per heavy atom. The molecule has 5 aliphatic rings. The zero-order valence-corrected chi connectivity index (χ0v) is 16.4. The van der Waals surface area contributed by atoms with Crippen LogP contribution in [0.25, 0.3) is 0 Å². The molecule has 1 amide bonds. The number of benzene rings is 1. The second-order valence-corrected chi connectivity index (χ2v) is 10.1. The van der Waals surface area contributed by atoms with Gasteiger partial charge in [0.25, 0.3) is 5.91 Å². The third-order valence-corrected chi connectivity index (χ3v) is 7.61. The minimum Gasteiger partial charge on any atom is -0.373 e. The molecule has 1 aromatic carbocycles. The largest absolute Gasteiger partial charge is 0.373 e. The van der Waals surface area contributed by atoms with Gasteiger partial charge in [-0.15, -0.1) is 0 Å². The van der Waals surface area contributed by atoms with Gasteiger partial charge >= 0.3 is 0 Å². The van der Waals surface area contributed by atoms with Gasteiger partial charge in [-0.2, -0.15) is 0 Å². The average Bonchev–Trinajstić information content (AvgIpc) is 3.36. The van der Waals surface area contributed by atoms with E-state index in [4.69, 9.17) is 4.74 Å². The maximum atomic E-state index is 14.6. The number of amides is 1. The Bertz CT molecular complexity index is 805. The highest BCUT2D eigenvalue weighted by Gasteiger charge is 2.54. The van der Waals surface area contributed by atoms with Gasteiger partial charge in [-0.3, -0.25) is 9.52 Å². The molecule has 5 saturated carbocycles. The van der Waals surface area contributed by atoms with Crippen LogP contribution in [0.5, 0.6) is 0 Å². The molecule has 146 valence electrons. The van der Waals surface area contributed by atoms with E-state index in [0.717, 1.165) is 35.8 Å². The molecule has 1 N–H and O–H groups in total. The van der Waals surface area contributed by atoms with Crippen molar-refractivity contribution < 1.29 is 18.1 Å². The Morgan fingerprint density at radius 2 is 2.00 bits per heavy atom. The molecule has 0 aliphatic heterocycles. The van der Waals surface area contributed by atoms with Crippen molar-refractivity contribution in [1.82, 2.24) is 4.72 Å². The number of hydrogen-bond donors (Lipinski definition) is 1. The minimum absolute atomic E-state index is 0.0191. The summed E-state index contributed by atoms with van der Waals surface area (Å²) in [6.45, 7) is 0.430. The summed E-state index contributed by atoms with van der Waals surface area (Å²) in [5.41, 5.74) is 1.88. The molecular weight excluding hydrogens is 365 g/mol. The minimum atomic E-state index is -1.51. The predicted octanol–water partition coefficient (Wildman–Crippen LogP) is 3.68. The Hall–Kier alpha value is -1.27. The molecule has 6 heteroatoms. The number of ether oxygens (including phenoxy) is 1. The summed E-state index contributed by atoms with van der Waals surface area (Å²) < 4.78 is 34.5. The summed E-state index contributed by atoms with van der Waals surface area (Å²) >= 11 is 0. The number of carbonyl (C=O) groups is 1. The van der Waals surface area contributed by atoms with E-state index < -0.39 is 22.7 Å². The van der Waals surface area contributed by atoms with Crippen LogP contribution >= 0.6 is 0 Å². The summed E-state index contributed by atoms with van der Waals surface area (Å²) in [5.74, 6) is 2.36. The quantitative estimate of drug-likeness (QED) is 0.805. The van der Waals surface area contributed by atoms with Gasteiger partial charge in [0.05, 0.1) is 18.3 Å². The molecule has 6 atom stereocenters. The SMILES string of the molecule is CS(=O)NC(=O)c1cc(C2CC2)c(COC2C3CC4CC(C3)C2C4)cc1F. The fourth-order valence-electron chi connectivity index (χ4n) is 6.01. The maximum Gasteiger partial charge on any atom is 0.265 e. The summed E-state index contributed by atoms with van der Waals surface area (Å²) in [6, 6.07) is 3.12. The van der Waals surface area contributed by atoms with E-state index in [0.29, 0.717) is 30.5 Å². The zero-order valence-electron chi connectivity index (χ0n) is 15.6. The van der Waals surface area contributed by atoms with Crippen LogP contribution < -0.4 is 4.72 Å². The van der Waals surface area contributed by atoms with Crippen molar-refractivity contribution in [3.8, 4) is 0 Å². The van der Waals surface area contributed by atoms with Crippen molar-refractivity contribution in [3.63, 3.8) is 0 Å². The number of carbonyl (C=O) groups excluding carboxylic acids is 1. The Morgan fingerprint density at radius 1 is 1.22 bits per heavy atom. The van der Waals surface area contributed by atoms with Gasteiger partial charge in [-0.05, 0) is 91.4 Å². The molecule has 1 aromatic rings. The van der Waals surface area contributed by atoms with Crippen molar-refractivity contribution in [2.24, 2.45) is 23.7 Å². The molecule has 4 bridgehead atoms. The average molecular weight is 392 g/mol. The van der Waals surface area contributed by atoms with E-state index in [2.05, 4.69) is 4.72 Å². The van der Waals surface area contributed by atoms with Crippen molar-refractivity contribution in [2.45, 2.75) is 57.2 Å². The first-order valence-electron chi connectivity index (χ1n) is 10.1.